The molecule has 0 amide bonds. The number of carboxylic acid groups (broad SMARTS) is 1. The Labute approximate surface area is 175 Å². The molecule has 4 rings (SSSR count). The van der Waals surface area contributed by atoms with Gasteiger partial charge < -0.3 is 5.11 Å². The molecule has 0 saturated heterocycles. The van der Waals surface area contributed by atoms with Crippen molar-refractivity contribution >= 4 is 46.0 Å². The normalized spacial score (nSPS) is 11.4. The van der Waals surface area contributed by atoms with Crippen molar-refractivity contribution in [1.29, 1.82) is 0 Å². The molecule has 0 radical (unpaired) electrons. The number of aryl methyl sites for hydroxylation is 1. The predicted octanol–water partition coefficient (Wildman–Crippen LogP) is 5.25. The lowest BCUT2D eigenvalue weighted by atomic mass is 10.1. The molecule has 4 aromatic rings. The first-order valence-corrected chi connectivity index (χ1v) is 9.93. The van der Waals surface area contributed by atoms with Crippen LogP contribution in [0.3, 0.4) is 0 Å². The van der Waals surface area contributed by atoms with Gasteiger partial charge >= 0.3 is 5.97 Å². The van der Waals surface area contributed by atoms with Crippen LogP contribution >= 0.6 is 22.9 Å². The average Bonchev–Trinajstić information content (AvgIpc) is 3.11. The SMILES string of the molecule is Cc1ccc(/C=C/c2nc3sc(C(=O)O)c(-c4ccccc4)n3c(=O)c2Cl)cc1. The van der Waals surface area contributed by atoms with Gasteiger partial charge in [0.05, 0.1) is 11.4 Å². The van der Waals surface area contributed by atoms with Crippen LogP contribution in [-0.4, -0.2) is 20.5 Å². The molecule has 144 valence electrons. The molecule has 2 heterocycles. The third-order valence-electron chi connectivity index (χ3n) is 4.41. The Bertz CT molecular complexity index is 1310. The van der Waals surface area contributed by atoms with Crippen LogP contribution in [0.15, 0.2) is 59.4 Å². The summed E-state index contributed by atoms with van der Waals surface area (Å²) in [6.45, 7) is 2.00. The fraction of sp³-hybridized carbons (Fsp3) is 0.0455. The quantitative estimate of drug-likeness (QED) is 0.487. The van der Waals surface area contributed by atoms with Crippen molar-refractivity contribution < 1.29 is 9.90 Å². The number of halogens is 1. The number of carboxylic acids is 1. The maximum Gasteiger partial charge on any atom is 0.348 e. The van der Waals surface area contributed by atoms with Gasteiger partial charge in [0, 0.05) is 5.56 Å². The fourth-order valence-electron chi connectivity index (χ4n) is 2.97. The summed E-state index contributed by atoms with van der Waals surface area (Å²) in [4.78, 5) is 29.6. The Hall–Kier alpha value is -3.22. The van der Waals surface area contributed by atoms with Crippen molar-refractivity contribution in [2.75, 3.05) is 0 Å². The molecule has 0 fully saturated rings. The van der Waals surface area contributed by atoms with E-state index in [-0.39, 0.29) is 20.6 Å². The lowest BCUT2D eigenvalue weighted by molar-refractivity contribution is 0.0702. The largest absolute Gasteiger partial charge is 0.477 e. The van der Waals surface area contributed by atoms with Crippen LogP contribution in [0.4, 0.5) is 0 Å². The minimum absolute atomic E-state index is 0.0385. The first-order chi connectivity index (χ1) is 14.0. The van der Waals surface area contributed by atoms with Gasteiger partial charge in [0.2, 0.25) is 0 Å². The third-order valence-corrected chi connectivity index (χ3v) is 5.79. The summed E-state index contributed by atoms with van der Waals surface area (Å²) in [5.41, 5.74) is 2.78. The van der Waals surface area contributed by atoms with E-state index in [2.05, 4.69) is 4.98 Å². The molecular weight excluding hydrogens is 408 g/mol. The molecule has 5 nitrogen and oxygen atoms in total. The second kappa shape index (κ2) is 7.66. The topological polar surface area (TPSA) is 71.7 Å². The monoisotopic (exact) mass is 422 g/mol. The number of aromatic nitrogens is 2. The molecule has 29 heavy (non-hydrogen) atoms. The van der Waals surface area contributed by atoms with E-state index in [1.165, 1.54) is 4.40 Å². The summed E-state index contributed by atoms with van der Waals surface area (Å²) >= 11 is 7.27. The van der Waals surface area contributed by atoms with Gasteiger partial charge in [-0.05, 0) is 18.6 Å². The number of fused-ring (bicyclic) bond motifs is 1. The first-order valence-electron chi connectivity index (χ1n) is 8.74. The Morgan fingerprint density at radius 2 is 1.79 bits per heavy atom. The number of nitrogens with zero attached hydrogens (tertiary/aromatic N) is 2. The fourth-order valence-corrected chi connectivity index (χ4v) is 4.14. The van der Waals surface area contributed by atoms with Crippen molar-refractivity contribution in [3.8, 4) is 11.3 Å². The van der Waals surface area contributed by atoms with Gasteiger partial charge in [-0.2, -0.15) is 0 Å². The highest BCUT2D eigenvalue weighted by Crippen LogP contribution is 2.31. The Balaban J connectivity index is 1.91. The van der Waals surface area contributed by atoms with Gasteiger partial charge in [0.1, 0.15) is 9.90 Å². The molecule has 0 aliphatic rings. The Morgan fingerprint density at radius 1 is 1.10 bits per heavy atom. The molecule has 7 heteroatoms. The van der Waals surface area contributed by atoms with E-state index >= 15 is 0 Å². The molecule has 2 aromatic heterocycles. The van der Waals surface area contributed by atoms with Gasteiger partial charge in [-0.15, -0.1) is 0 Å². The van der Waals surface area contributed by atoms with Gasteiger partial charge in [-0.3, -0.25) is 4.79 Å². The summed E-state index contributed by atoms with van der Waals surface area (Å²) in [6.07, 6.45) is 3.48. The van der Waals surface area contributed by atoms with Crippen molar-refractivity contribution in [1.82, 2.24) is 9.38 Å². The van der Waals surface area contributed by atoms with Crippen LogP contribution in [-0.2, 0) is 0 Å². The van der Waals surface area contributed by atoms with Crippen molar-refractivity contribution in [2.24, 2.45) is 0 Å². The standard InChI is InChI=1S/C22H15ClN2O3S/c1-13-7-9-14(10-8-13)11-12-16-17(23)20(26)25-18(15-5-3-2-4-6-15)19(21(27)28)29-22(25)24-16/h2-12H,1H3,(H,27,28)/b12-11+. The average molecular weight is 423 g/mol. The highest BCUT2D eigenvalue weighted by atomic mass is 35.5. The highest BCUT2D eigenvalue weighted by molar-refractivity contribution is 7.19. The van der Waals surface area contributed by atoms with Crippen LogP contribution in [0.5, 0.6) is 0 Å². The zero-order valence-electron chi connectivity index (χ0n) is 15.3. The smallest absolute Gasteiger partial charge is 0.348 e. The van der Waals surface area contributed by atoms with Gasteiger partial charge in [-0.1, -0.05) is 89.2 Å². The lowest BCUT2D eigenvalue weighted by Gasteiger charge is -2.05. The minimum atomic E-state index is -1.12. The number of hydrogen-bond donors (Lipinski definition) is 1. The van der Waals surface area contributed by atoms with Crippen molar-refractivity contribution in [3.63, 3.8) is 0 Å². The van der Waals surface area contributed by atoms with Crippen LogP contribution in [0.25, 0.3) is 28.4 Å². The summed E-state index contributed by atoms with van der Waals surface area (Å²) in [5, 5.41) is 9.59. The minimum Gasteiger partial charge on any atom is -0.477 e. The molecule has 0 aliphatic carbocycles. The summed E-state index contributed by atoms with van der Waals surface area (Å²) in [7, 11) is 0. The van der Waals surface area contributed by atoms with Crippen LogP contribution < -0.4 is 5.56 Å². The Morgan fingerprint density at radius 3 is 2.45 bits per heavy atom. The zero-order chi connectivity index (χ0) is 20.5. The first kappa shape index (κ1) is 19.1. The maximum absolute atomic E-state index is 13.0. The second-order valence-electron chi connectivity index (χ2n) is 6.43. The second-order valence-corrected chi connectivity index (χ2v) is 7.78. The summed E-state index contributed by atoms with van der Waals surface area (Å²) < 4.78 is 1.27. The molecule has 0 unspecified atom stereocenters. The number of carbonyl (C=O) groups is 1. The molecule has 0 aliphatic heterocycles. The third kappa shape index (κ3) is 3.60. The molecule has 0 atom stereocenters. The molecule has 0 bridgehead atoms. The van der Waals surface area contributed by atoms with E-state index in [1.807, 2.05) is 43.3 Å². The van der Waals surface area contributed by atoms with E-state index in [1.54, 1.807) is 30.3 Å². The van der Waals surface area contributed by atoms with Crippen molar-refractivity contribution in [2.45, 2.75) is 6.92 Å². The van der Waals surface area contributed by atoms with Crippen LogP contribution in [0.1, 0.15) is 26.5 Å². The highest BCUT2D eigenvalue weighted by Gasteiger charge is 2.23. The van der Waals surface area contributed by atoms with E-state index < -0.39 is 11.5 Å². The van der Waals surface area contributed by atoms with E-state index in [0.29, 0.717) is 11.3 Å². The predicted molar refractivity (Wildman–Crippen MR) is 117 cm³/mol. The van der Waals surface area contributed by atoms with Crippen LogP contribution in [0, 0.1) is 6.92 Å². The number of benzene rings is 2. The zero-order valence-corrected chi connectivity index (χ0v) is 16.9. The van der Waals surface area contributed by atoms with Crippen molar-refractivity contribution in [3.05, 3.63) is 91.7 Å². The summed E-state index contributed by atoms with van der Waals surface area (Å²) in [5.74, 6) is -1.12. The van der Waals surface area contributed by atoms with E-state index in [0.717, 1.165) is 22.5 Å². The number of hydrogen-bond acceptors (Lipinski definition) is 4. The van der Waals surface area contributed by atoms with Gasteiger partial charge in [0.15, 0.2) is 4.96 Å². The van der Waals surface area contributed by atoms with Crippen LogP contribution in [0.2, 0.25) is 5.02 Å². The molecule has 1 N–H and O–H groups in total. The number of thiazole rings is 1. The number of rotatable bonds is 4. The maximum atomic E-state index is 13.0. The Kier molecular flexibility index (Phi) is 5.05. The number of aromatic carboxylic acids is 1. The summed E-state index contributed by atoms with van der Waals surface area (Å²) in [6, 6.07) is 16.7. The molecular formula is C22H15ClN2O3S. The van der Waals surface area contributed by atoms with Gasteiger partial charge in [-0.25, -0.2) is 14.2 Å². The van der Waals surface area contributed by atoms with Gasteiger partial charge in [0.25, 0.3) is 5.56 Å². The molecule has 2 aromatic carbocycles. The molecule has 0 spiro atoms. The molecule has 0 saturated carbocycles. The lowest BCUT2D eigenvalue weighted by Crippen LogP contribution is -2.17. The van der Waals surface area contributed by atoms with E-state index in [9.17, 15) is 14.7 Å². The van der Waals surface area contributed by atoms with E-state index in [4.69, 9.17) is 11.6 Å².